The van der Waals surface area contributed by atoms with E-state index in [9.17, 15) is 4.79 Å². The zero-order valence-corrected chi connectivity index (χ0v) is 10.6. The average Bonchev–Trinajstić information content (AvgIpc) is 2.40. The molecule has 0 spiro atoms. The van der Waals surface area contributed by atoms with Crippen LogP contribution >= 0.6 is 0 Å². The number of hydrogen-bond donors (Lipinski definition) is 1. The smallest absolute Gasteiger partial charge is 0.254 e. The molecule has 0 saturated carbocycles. The van der Waals surface area contributed by atoms with Gasteiger partial charge in [0.25, 0.3) is 5.91 Å². The Hall–Kier alpha value is -1.55. The molecule has 2 atom stereocenters. The van der Waals surface area contributed by atoms with Gasteiger partial charge in [0, 0.05) is 30.7 Å². The molecule has 18 heavy (non-hydrogen) atoms. The van der Waals surface area contributed by atoms with Gasteiger partial charge >= 0.3 is 0 Å². The van der Waals surface area contributed by atoms with E-state index in [2.05, 4.69) is 5.32 Å². The number of piperidine rings is 1. The number of piperazine rings is 1. The van der Waals surface area contributed by atoms with Crippen LogP contribution in [-0.4, -0.2) is 42.6 Å². The van der Waals surface area contributed by atoms with Crippen LogP contribution in [0, 0.1) is 0 Å². The molecule has 1 amide bonds. The Labute approximate surface area is 107 Å². The molecular formula is C14H18N2O2. The number of fused-ring (bicyclic) bond motifs is 2. The highest BCUT2D eigenvalue weighted by Gasteiger charge is 2.44. The van der Waals surface area contributed by atoms with E-state index in [1.165, 1.54) is 0 Å². The first-order valence-corrected chi connectivity index (χ1v) is 6.56. The van der Waals surface area contributed by atoms with Gasteiger partial charge in [-0.25, -0.2) is 0 Å². The van der Waals surface area contributed by atoms with Gasteiger partial charge in [0.05, 0.1) is 6.61 Å². The fourth-order valence-corrected chi connectivity index (χ4v) is 2.85. The number of benzene rings is 1. The number of rotatable bonds is 3. The molecule has 3 rings (SSSR count). The van der Waals surface area contributed by atoms with Crippen molar-refractivity contribution < 1.29 is 9.53 Å². The van der Waals surface area contributed by atoms with Gasteiger partial charge in [-0.1, -0.05) is 6.07 Å². The second-order valence-electron chi connectivity index (χ2n) is 4.87. The summed E-state index contributed by atoms with van der Waals surface area (Å²) in [5.41, 5.74) is 0.734. The lowest BCUT2D eigenvalue weighted by Crippen LogP contribution is -2.69. The molecule has 2 heterocycles. The molecular weight excluding hydrogens is 228 g/mol. The maximum absolute atomic E-state index is 12.4. The number of amides is 1. The third-order valence-electron chi connectivity index (χ3n) is 3.72. The molecule has 1 aromatic rings. The Balaban J connectivity index is 1.78. The minimum Gasteiger partial charge on any atom is -0.494 e. The molecule has 4 heteroatoms. The number of nitrogens with one attached hydrogen (secondary N) is 1. The highest BCUT2D eigenvalue weighted by Crippen LogP contribution is 2.30. The molecule has 4 nitrogen and oxygen atoms in total. The number of carbonyl (C=O) groups is 1. The summed E-state index contributed by atoms with van der Waals surface area (Å²) in [4.78, 5) is 14.5. The molecule has 2 bridgehead atoms. The van der Waals surface area contributed by atoms with Crippen LogP contribution in [0.1, 0.15) is 23.7 Å². The second kappa shape index (κ2) is 4.61. The van der Waals surface area contributed by atoms with Crippen LogP contribution in [0.2, 0.25) is 0 Å². The van der Waals surface area contributed by atoms with E-state index in [4.69, 9.17) is 4.74 Å². The number of carbonyl (C=O) groups excluding carboxylic acids is 1. The van der Waals surface area contributed by atoms with Crippen molar-refractivity contribution in [2.75, 3.05) is 19.7 Å². The molecule has 0 radical (unpaired) electrons. The van der Waals surface area contributed by atoms with Crippen molar-refractivity contribution in [2.24, 2.45) is 0 Å². The van der Waals surface area contributed by atoms with E-state index in [0.29, 0.717) is 18.7 Å². The van der Waals surface area contributed by atoms with Gasteiger partial charge < -0.3 is 15.0 Å². The van der Waals surface area contributed by atoms with Crippen LogP contribution in [0.25, 0.3) is 0 Å². The zero-order chi connectivity index (χ0) is 12.5. The van der Waals surface area contributed by atoms with Gasteiger partial charge in [0.2, 0.25) is 0 Å². The molecule has 2 aliphatic rings. The summed E-state index contributed by atoms with van der Waals surface area (Å²) >= 11 is 0. The summed E-state index contributed by atoms with van der Waals surface area (Å²) in [6.07, 6.45) is 1.14. The Morgan fingerprint density at radius 3 is 2.89 bits per heavy atom. The topological polar surface area (TPSA) is 41.6 Å². The first kappa shape index (κ1) is 11.5. The lowest BCUT2D eigenvalue weighted by atomic mass is 9.88. The van der Waals surface area contributed by atoms with Gasteiger partial charge in [0.1, 0.15) is 5.75 Å². The monoisotopic (exact) mass is 246 g/mol. The molecule has 1 N–H and O–H groups in total. The van der Waals surface area contributed by atoms with E-state index < -0.39 is 0 Å². The summed E-state index contributed by atoms with van der Waals surface area (Å²) in [5.74, 6) is 0.909. The molecule has 0 aliphatic carbocycles. The van der Waals surface area contributed by atoms with E-state index in [1.807, 2.05) is 36.1 Å². The van der Waals surface area contributed by atoms with Crippen LogP contribution in [0.5, 0.6) is 5.75 Å². The predicted octanol–water partition coefficient (Wildman–Crippen LogP) is 1.27. The van der Waals surface area contributed by atoms with E-state index in [0.717, 1.165) is 30.8 Å². The zero-order valence-electron chi connectivity index (χ0n) is 10.6. The number of ether oxygens (including phenoxy) is 1. The first-order chi connectivity index (χ1) is 8.79. The van der Waals surface area contributed by atoms with Gasteiger partial charge in [-0.15, -0.1) is 0 Å². The predicted molar refractivity (Wildman–Crippen MR) is 68.8 cm³/mol. The fourth-order valence-electron chi connectivity index (χ4n) is 2.85. The molecule has 2 fully saturated rings. The van der Waals surface area contributed by atoms with Crippen LogP contribution < -0.4 is 10.1 Å². The SMILES string of the molecule is CCOc1cccc(C(=O)N2C3CNCC2C3)c1. The molecule has 96 valence electrons. The number of hydrogen-bond acceptors (Lipinski definition) is 3. The highest BCUT2D eigenvalue weighted by atomic mass is 16.5. The van der Waals surface area contributed by atoms with Crippen molar-refractivity contribution in [3.63, 3.8) is 0 Å². The highest BCUT2D eigenvalue weighted by molar-refractivity contribution is 5.95. The van der Waals surface area contributed by atoms with Crippen molar-refractivity contribution >= 4 is 5.91 Å². The van der Waals surface area contributed by atoms with Crippen LogP contribution in [0.15, 0.2) is 24.3 Å². The summed E-state index contributed by atoms with van der Waals surface area (Å²) in [6, 6.07) is 8.24. The molecule has 2 aliphatic heterocycles. The van der Waals surface area contributed by atoms with E-state index in [-0.39, 0.29) is 5.91 Å². The quantitative estimate of drug-likeness (QED) is 0.873. The van der Waals surface area contributed by atoms with Gasteiger partial charge in [-0.2, -0.15) is 0 Å². The average molecular weight is 246 g/mol. The van der Waals surface area contributed by atoms with E-state index in [1.54, 1.807) is 0 Å². The summed E-state index contributed by atoms with van der Waals surface area (Å²) in [7, 11) is 0. The van der Waals surface area contributed by atoms with E-state index >= 15 is 0 Å². The van der Waals surface area contributed by atoms with Gasteiger partial charge in [0.15, 0.2) is 0 Å². The standard InChI is InChI=1S/C14H18N2O2/c1-2-18-13-5-3-4-10(6-13)14(17)16-11-7-12(16)9-15-8-11/h3-6,11-12,15H,2,7-9H2,1H3. The van der Waals surface area contributed by atoms with Crippen LogP contribution in [0.4, 0.5) is 0 Å². The third-order valence-corrected chi connectivity index (χ3v) is 3.72. The molecule has 2 unspecified atom stereocenters. The summed E-state index contributed by atoms with van der Waals surface area (Å²) in [6.45, 7) is 4.41. The van der Waals surface area contributed by atoms with Crippen molar-refractivity contribution in [2.45, 2.75) is 25.4 Å². The minimum atomic E-state index is 0.138. The van der Waals surface area contributed by atoms with Gasteiger partial charge in [-0.3, -0.25) is 4.79 Å². The van der Waals surface area contributed by atoms with Crippen molar-refractivity contribution in [1.29, 1.82) is 0 Å². The van der Waals surface area contributed by atoms with Crippen LogP contribution in [0.3, 0.4) is 0 Å². The van der Waals surface area contributed by atoms with Crippen molar-refractivity contribution in [1.82, 2.24) is 10.2 Å². The van der Waals surface area contributed by atoms with Crippen molar-refractivity contribution in [3.8, 4) is 5.75 Å². The van der Waals surface area contributed by atoms with Crippen LogP contribution in [-0.2, 0) is 0 Å². The Morgan fingerprint density at radius 2 is 2.22 bits per heavy atom. The van der Waals surface area contributed by atoms with Crippen molar-refractivity contribution in [3.05, 3.63) is 29.8 Å². The maximum atomic E-state index is 12.4. The first-order valence-electron chi connectivity index (χ1n) is 6.56. The summed E-state index contributed by atoms with van der Waals surface area (Å²) in [5, 5.41) is 3.33. The summed E-state index contributed by atoms with van der Waals surface area (Å²) < 4.78 is 5.44. The Kier molecular flexibility index (Phi) is 2.96. The third kappa shape index (κ3) is 1.86. The molecule has 1 aromatic carbocycles. The number of nitrogens with zero attached hydrogens (tertiary/aromatic N) is 1. The largest absolute Gasteiger partial charge is 0.494 e. The maximum Gasteiger partial charge on any atom is 0.254 e. The lowest BCUT2D eigenvalue weighted by Gasteiger charge is -2.53. The van der Waals surface area contributed by atoms with Gasteiger partial charge in [-0.05, 0) is 31.5 Å². The normalized spacial score (nSPS) is 25.5. The Bertz CT molecular complexity index is 447. The fraction of sp³-hybridized carbons (Fsp3) is 0.500. The minimum absolute atomic E-state index is 0.138. The second-order valence-corrected chi connectivity index (χ2v) is 4.87. The lowest BCUT2D eigenvalue weighted by molar-refractivity contribution is -0.00220. The Morgan fingerprint density at radius 1 is 1.44 bits per heavy atom. The molecule has 0 aromatic heterocycles. The molecule has 2 saturated heterocycles.